The minimum atomic E-state index is -1.59. The fourth-order valence-electron chi connectivity index (χ4n) is 4.97. The number of Topliss-reactive ketones (excluding diaryl/α,β-unsaturated/α-hetero) is 1. The maximum Gasteiger partial charge on any atom is 0.173 e. The summed E-state index contributed by atoms with van der Waals surface area (Å²) in [6, 6.07) is 4.50. The van der Waals surface area contributed by atoms with Crippen LogP contribution in [0.25, 0.3) is 5.57 Å². The van der Waals surface area contributed by atoms with Crippen LogP contribution >= 0.6 is 0 Å². The van der Waals surface area contributed by atoms with Crippen LogP contribution in [0.3, 0.4) is 0 Å². The Morgan fingerprint density at radius 1 is 1.06 bits per heavy atom. The Morgan fingerprint density at radius 2 is 1.81 bits per heavy atom. The van der Waals surface area contributed by atoms with Crippen LogP contribution in [0.15, 0.2) is 24.5 Å². The number of phenolic OH excluding ortho intramolecular Hbond substituents is 1. The van der Waals surface area contributed by atoms with E-state index in [1.54, 1.807) is 6.07 Å². The second kappa shape index (κ2) is 8.97. The third-order valence-corrected chi connectivity index (χ3v) is 6.74. The van der Waals surface area contributed by atoms with E-state index in [4.69, 9.17) is 14.2 Å². The molecule has 9 atom stereocenters. The number of ketones is 1. The summed E-state index contributed by atoms with van der Waals surface area (Å²) in [5, 5.41) is 60.8. The van der Waals surface area contributed by atoms with E-state index in [1.165, 1.54) is 25.5 Å². The number of rotatable bonds is 4. The minimum Gasteiger partial charge on any atom is -0.504 e. The van der Waals surface area contributed by atoms with E-state index < -0.39 is 61.2 Å². The Balaban J connectivity index is 1.64. The number of fused-ring (bicyclic) bond motifs is 1. The van der Waals surface area contributed by atoms with Crippen molar-refractivity contribution < 1.29 is 49.6 Å². The lowest BCUT2D eigenvalue weighted by atomic mass is 9.68. The highest BCUT2D eigenvalue weighted by molar-refractivity contribution is 6.22. The molecule has 1 aliphatic carbocycles. The van der Waals surface area contributed by atoms with Gasteiger partial charge in [0.2, 0.25) is 0 Å². The number of carbonyl (C=O) groups is 1. The summed E-state index contributed by atoms with van der Waals surface area (Å²) < 4.78 is 16.7. The maximum absolute atomic E-state index is 13.3. The molecular weight excluding hydrogens is 424 g/mol. The Morgan fingerprint density at radius 3 is 2.50 bits per heavy atom. The van der Waals surface area contributed by atoms with Crippen LogP contribution in [0.4, 0.5) is 0 Å². The van der Waals surface area contributed by atoms with Crippen molar-refractivity contribution in [3.63, 3.8) is 0 Å². The number of aromatic hydroxyl groups is 1. The van der Waals surface area contributed by atoms with E-state index in [-0.39, 0.29) is 29.3 Å². The van der Waals surface area contributed by atoms with Gasteiger partial charge in [-0.05, 0) is 30.5 Å². The fourth-order valence-corrected chi connectivity index (χ4v) is 4.97. The first kappa shape index (κ1) is 23.0. The molecule has 10 nitrogen and oxygen atoms in total. The molecule has 6 N–H and O–H groups in total. The summed E-state index contributed by atoms with van der Waals surface area (Å²) in [7, 11) is 1.40. The van der Waals surface area contributed by atoms with Gasteiger partial charge >= 0.3 is 0 Å². The predicted molar refractivity (Wildman–Crippen MR) is 109 cm³/mol. The van der Waals surface area contributed by atoms with E-state index >= 15 is 0 Å². The number of aliphatic hydroxyl groups is 5. The van der Waals surface area contributed by atoms with Crippen LogP contribution in [-0.2, 0) is 14.3 Å². The lowest BCUT2D eigenvalue weighted by Crippen LogP contribution is -2.65. The van der Waals surface area contributed by atoms with Gasteiger partial charge in [-0.25, -0.2) is 0 Å². The van der Waals surface area contributed by atoms with E-state index in [2.05, 4.69) is 0 Å². The van der Waals surface area contributed by atoms with Crippen molar-refractivity contribution in [3.05, 3.63) is 30.0 Å². The molecule has 10 heteroatoms. The zero-order valence-electron chi connectivity index (χ0n) is 17.4. The molecule has 4 rings (SSSR count). The summed E-state index contributed by atoms with van der Waals surface area (Å²) in [4.78, 5) is 13.3. The van der Waals surface area contributed by atoms with Crippen LogP contribution in [0, 0.1) is 11.8 Å². The van der Waals surface area contributed by atoms with Crippen molar-refractivity contribution in [2.24, 2.45) is 11.8 Å². The third-order valence-electron chi connectivity index (χ3n) is 6.74. The lowest BCUT2D eigenvalue weighted by Gasteiger charge is -2.49. The Bertz CT molecular complexity index is 883. The van der Waals surface area contributed by atoms with E-state index in [0.29, 0.717) is 12.0 Å². The van der Waals surface area contributed by atoms with E-state index in [9.17, 15) is 35.4 Å². The molecule has 2 aliphatic heterocycles. The smallest absolute Gasteiger partial charge is 0.173 e. The average Bonchev–Trinajstić information content (AvgIpc) is 2.79. The number of aliphatic hydroxyl groups excluding tert-OH is 5. The minimum absolute atomic E-state index is 0.0672. The van der Waals surface area contributed by atoms with Crippen molar-refractivity contribution in [3.8, 4) is 11.5 Å². The molecule has 1 aromatic rings. The number of benzene rings is 1. The predicted octanol–water partition coefficient (Wildman–Crippen LogP) is -1.06. The number of allylic oxidation sites excluding steroid dienone is 1. The number of methoxy groups -OCH3 is 1. The second-order valence-corrected chi connectivity index (χ2v) is 8.51. The molecule has 2 heterocycles. The van der Waals surface area contributed by atoms with Gasteiger partial charge in [0.1, 0.15) is 30.5 Å². The number of hydrogen-bond acceptors (Lipinski definition) is 10. The van der Waals surface area contributed by atoms with E-state index in [0.717, 1.165) is 0 Å². The standard InChI is InChI=1S/C22H28O10/c1-30-14-6-9(2-4-12(14)24)11-8-31-21-10(17(11)26)3-5-13(25)16(21)22-20(29)19(28)18(27)15(7-23)32-22/h2,4,6,8,10,13,15-16,18-25,27-29H,3,5,7H2,1H3/t10?,13?,15-,16?,18-,19+,20-,21?,22+/m1/s1. The summed E-state index contributed by atoms with van der Waals surface area (Å²) in [5.41, 5.74) is 0.784. The van der Waals surface area contributed by atoms with Crippen molar-refractivity contribution in [1.29, 1.82) is 0 Å². The summed E-state index contributed by atoms with van der Waals surface area (Å²) in [6.45, 7) is -0.592. The second-order valence-electron chi connectivity index (χ2n) is 8.51. The molecule has 0 amide bonds. The summed E-state index contributed by atoms with van der Waals surface area (Å²) in [6.07, 6.45) is -6.91. The highest BCUT2D eigenvalue weighted by Gasteiger charge is 2.55. The zero-order chi connectivity index (χ0) is 23.2. The van der Waals surface area contributed by atoms with Crippen molar-refractivity contribution in [1.82, 2.24) is 0 Å². The SMILES string of the molecule is COc1cc(C2=COC3C(CCC(O)C3[C@@H]3O[C@H](CO)[C@@H](O)[C@H](O)[C@H]3O)C2=O)ccc1O. The normalized spacial score (nSPS) is 39.6. The van der Waals surface area contributed by atoms with Crippen molar-refractivity contribution >= 4 is 11.4 Å². The number of phenols is 1. The largest absolute Gasteiger partial charge is 0.504 e. The molecule has 32 heavy (non-hydrogen) atoms. The van der Waals surface area contributed by atoms with Gasteiger partial charge in [-0.1, -0.05) is 6.07 Å². The highest BCUT2D eigenvalue weighted by Crippen LogP contribution is 2.44. The maximum atomic E-state index is 13.3. The number of carbonyl (C=O) groups excluding carboxylic acids is 1. The fraction of sp³-hybridized carbons (Fsp3) is 0.591. The molecule has 0 aromatic heterocycles. The highest BCUT2D eigenvalue weighted by atomic mass is 16.5. The number of ether oxygens (including phenoxy) is 3. The average molecular weight is 452 g/mol. The first-order valence-electron chi connectivity index (χ1n) is 10.5. The van der Waals surface area contributed by atoms with Gasteiger partial charge in [-0.3, -0.25) is 4.79 Å². The molecule has 176 valence electrons. The molecule has 3 aliphatic rings. The van der Waals surface area contributed by atoms with Crippen molar-refractivity contribution in [2.45, 2.75) is 55.6 Å². The van der Waals surface area contributed by atoms with E-state index in [1.807, 2.05) is 0 Å². The quantitative estimate of drug-likeness (QED) is 0.331. The van der Waals surface area contributed by atoms with Crippen LogP contribution in [0.5, 0.6) is 11.5 Å². The molecule has 0 spiro atoms. The Labute approximate surface area is 184 Å². The molecule has 0 bridgehead atoms. The monoisotopic (exact) mass is 452 g/mol. The van der Waals surface area contributed by atoms with Gasteiger partial charge in [0.15, 0.2) is 17.3 Å². The molecular formula is C22H28O10. The zero-order valence-corrected chi connectivity index (χ0v) is 17.4. The summed E-state index contributed by atoms with van der Waals surface area (Å²) >= 11 is 0. The van der Waals surface area contributed by atoms with Crippen LogP contribution in [-0.4, -0.2) is 92.9 Å². The third kappa shape index (κ3) is 3.76. The Hall–Kier alpha value is -2.21. The van der Waals surface area contributed by atoms with Crippen LogP contribution in [0.1, 0.15) is 18.4 Å². The molecule has 1 aromatic carbocycles. The van der Waals surface area contributed by atoms with Crippen molar-refractivity contribution in [2.75, 3.05) is 13.7 Å². The first-order chi connectivity index (χ1) is 15.3. The van der Waals surface area contributed by atoms with Crippen LogP contribution in [0.2, 0.25) is 0 Å². The van der Waals surface area contributed by atoms with Gasteiger partial charge in [-0.2, -0.15) is 0 Å². The van der Waals surface area contributed by atoms with Crippen LogP contribution < -0.4 is 4.74 Å². The summed E-state index contributed by atoms with van der Waals surface area (Å²) in [5.74, 6) is -1.61. The van der Waals surface area contributed by atoms with Gasteiger partial charge in [-0.15, -0.1) is 0 Å². The molecule has 0 radical (unpaired) electrons. The topological polar surface area (TPSA) is 166 Å². The molecule has 4 unspecified atom stereocenters. The van der Waals surface area contributed by atoms with Gasteiger partial charge < -0.3 is 44.8 Å². The molecule has 1 saturated carbocycles. The molecule has 1 saturated heterocycles. The van der Waals surface area contributed by atoms with Gasteiger partial charge in [0.25, 0.3) is 0 Å². The van der Waals surface area contributed by atoms with Gasteiger partial charge in [0, 0.05) is 0 Å². The first-order valence-corrected chi connectivity index (χ1v) is 10.5. The Kier molecular flexibility index (Phi) is 6.44. The number of hydrogen-bond donors (Lipinski definition) is 6. The lowest BCUT2D eigenvalue weighted by molar-refractivity contribution is -0.262. The van der Waals surface area contributed by atoms with Gasteiger partial charge in [0.05, 0.1) is 49.6 Å². The molecule has 2 fully saturated rings.